The number of halogens is 3. The van der Waals surface area contributed by atoms with Gasteiger partial charge in [0, 0.05) is 25.9 Å². The molecule has 0 unspecified atom stereocenters. The van der Waals surface area contributed by atoms with Gasteiger partial charge >= 0.3 is 0 Å². The molecule has 2 aliphatic rings. The van der Waals surface area contributed by atoms with E-state index < -0.39 is 5.60 Å². The normalized spacial score (nSPS) is 17.8. The third-order valence-corrected chi connectivity index (χ3v) is 7.04. The molecule has 0 radical (unpaired) electrons. The molecular formula is C22H20Cl3NO3. The number of carbonyl (C=O) groups excluding carboxylic acids is 2. The molecule has 1 amide bonds. The monoisotopic (exact) mass is 451 g/mol. The van der Waals surface area contributed by atoms with Crippen molar-refractivity contribution in [3.05, 3.63) is 61.6 Å². The summed E-state index contributed by atoms with van der Waals surface area (Å²) in [6.45, 7) is 4.89. The van der Waals surface area contributed by atoms with Crippen LogP contribution in [0.4, 0.5) is 0 Å². The summed E-state index contributed by atoms with van der Waals surface area (Å²) in [4.78, 5) is 27.5. The Hall–Kier alpha value is -1.75. The lowest BCUT2D eigenvalue weighted by atomic mass is 9.81. The van der Waals surface area contributed by atoms with Gasteiger partial charge in [-0.1, -0.05) is 34.8 Å². The van der Waals surface area contributed by atoms with Crippen molar-refractivity contribution in [3.63, 3.8) is 0 Å². The van der Waals surface area contributed by atoms with E-state index in [0.717, 1.165) is 11.1 Å². The summed E-state index contributed by atoms with van der Waals surface area (Å²) in [7, 11) is 0. The maximum absolute atomic E-state index is 13.0. The summed E-state index contributed by atoms with van der Waals surface area (Å²) in [5, 5.41) is 0.721. The Morgan fingerprint density at radius 1 is 1.03 bits per heavy atom. The van der Waals surface area contributed by atoms with Crippen molar-refractivity contribution in [2.45, 2.75) is 38.7 Å². The van der Waals surface area contributed by atoms with Crippen LogP contribution in [-0.2, 0) is 0 Å². The van der Waals surface area contributed by atoms with E-state index in [1.165, 1.54) is 0 Å². The first-order valence-corrected chi connectivity index (χ1v) is 10.6. The third kappa shape index (κ3) is 3.63. The Kier molecular flexibility index (Phi) is 5.30. The highest BCUT2D eigenvalue weighted by Gasteiger charge is 2.44. The smallest absolute Gasteiger partial charge is 0.256 e. The fraction of sp³-hybridized carbons (Fsp3) is 0.364. The Balaban J connectivity index is 1.54. The summed E-state index contributed by atoms with van der Waals surface area (Å²) in [5.41, 5.74) is 2.45. The number of ketones is 1. The van der Waals surface area contributed by atoms with Crippen LogP contribution < -0.4 is 4.74 Å². The predicted octanol–water partition coefficient (Wildman–Crippen LogP) is 5.90. The van der Waals surface area contributed by atoms with E-state index in [2.05, 4.69) is 0 Å². The second-order valence-electron chi connectivity index (χ2n) is 7.83. The summed E-state index contributed by atoms with van der Waals surface area (Å²) in [6, 6.07) is 6.98. The maximum Gasteiger partial charge on any atom is 0.256 e. The van der Waals surface area contributed by atoms with Gasteiger partial charge in [-0.15, -0.1) is 0 Å². The van der Waals surface area contributed by atoms with E-state index in [1.54, 1.807) is 17.0 Å². The molecule has 4 rings (SSSR count). The van der Waals surface area contributed by atoms with Crippen molar-refractivity contribution in [1.29, 1.82) is 0 Å². The Morgan fingerprint density at radius 2 is 1.66 bits per heavy atom. The molecule has 0 atom stereocenters. The minimum Gasteiger partial charge on any atom is -0.486 e. The highest BCUT2D eigenvalue weighted by atomic mass is 35.5. The van der Waals surface area contributed by atoms with Crippen LogP contribution in [0, 0.1) is 13.8 Å². The average molecular weight is 453 g/mol. The Labute approximate surface area is 184 Å². The van der Waals surface area contributed by atoms with Gasteiger partial charge in [-0.25, -0.2) is 0 Å². The standard InChI is InChI=1S/C22H20Cl3NO3/c1-12-9-14-17(27)11-22(29-18(14)10-13(12)2)5-7-26(8-6-22)21(28)19-15(23)3-4-16(24)20(19)25/h3-4,9-10H,5-8,11H2,1-2H3. The largest absolute Gasteiger partial charge is 0.486 e. The van der Waals surface area contributed by atoms with Crippen molar-refractivity contribution in [2.75, 3.05) is 13.1 Å². The molecule has 7 heteroatoms. The van der Waals surface area contributed by atoms with E-state index in [1.807, 2.05) is 26.0 Å². The van der Waals surface area contributed by atoms with Gasteiger partial charge in [-0.2, -0.15) is 0 Å². The van der Waals surface area contributed by atoms with Gasteiger partial charge in [0.05, 0.1) is 32.6 Å². The van der Waals surface area contributed by atoms with Crippen LogP contribution in [-0.4, -0.2) is 35.3 Å². The van der Waals surface area contributed by atoms with Crippen molar-refractivity contribution in [2.24, 2.45) is 0 Å². The number of Topliss-reactive ketones (excluding diaryl/α,β-unsaturated/α-hetero) is 1. The molecular weight excluding hydrogens is 433 g/mol. The number of carbonyl (C=O) groups is 2. The summed E-state index contributed by atoms with van der Waals surface area (Å²) < 4.78 is 6.33. The highest BCUT2D eigenvalue weighted by molar-refractivity contribution is 6.46. The molecule has 0 aliphatic carbocycles. The molecule has 2 aliphatic heterocycles. The number of hydrogen-bond acceptors (Lipinski definition) is 3. The molecule has 29 heavy (non-hydrogen) atoms. The molecule has 152 valence electrons. The van der Waals surface area contributed by atoms with Crippen molar-refractivity contribution >= 4 is 46.5 Å². The maximum atomic E-state index is 13.0. The van der Waals surface area contributed by atoms with Gasteiger partial charge in [-0.3, -0.25) is 9.59 Å². The first kappa shape index (κ1) is 20.5. The average Bonchev–Trinajstić information content (AvgIpc) is 2.67. The minimum atomic E-state index is -0.579. The lowest BCUT2D eigenvalue weighted by Crippen LogP contribution is -2.52. The van der Waals surface area contributed by atoms with Crippen LogP contribution in [0.1, 0.15) is 51.1 Å². The molecule has 1 saturated heterocycles. The van der Waals surface area contributed by atoms with Gasteiger partial charge in [0.1, 0.15) is 11.4 Å². The zero-order valence-corrected chi connectivity index (χ0v) is 18.4. The number of piperidine rings is 1. The van der Waals surface area contributed by atoms with Crippen LogP contribution in [0.5, 0.6) is 5.75 Å². The van der Waals surface area contributed by atoms with E-state index in [9.17, 15) is 9.59 Å². The van der Waals surface area contributed by atoms with Gasteiger partial charge in [0.2, 0.25) is 0 Å². The van der Waals surface area contributed by atoms with Gasteiger partial charge in [0.25, 0.3) is 5.91 Å². The quantitative estimate of drug-likeness (QED) is 0.506. The minimum absolute atomic E-state index is 0.0926. The lowest BCUT2D eigenvalue weighted by Gasteiger charge is -2.44. The van der Waals surface area contributed by atoms with E-state index >= 15 is 0 Å². The van der Waals surface area contributed by atoms with Crippen LogP contribution in [0.3, 0.4) is 0 Å². The topological polar surface area (TPSA) is 46.6 Å². The molecule has 2 aromatic carbocycles. The number of nitrogens with zero attached hydrogens (tertiary/aromatic N) is 1. The van der Waals surface area contributed by atoms with E-state index in [-0.39, 0.29) is 32.3 Å². The lowest BCUT2D eigenvalue weighted by molar-refractivity contribution is -0.00574. The molecule has 0 saturated carbocycles. The van der Waals surface area contributed by atoms with E-state index in [0.29, 0.717) is 43.7 Å². The SMILES string of the molecule is Cc1cc2c(cc1C)C(=O)CC1(CCN(C(=O)c3c(Cl)ccc(Cl)c3Cl)CC1)O2. The Bertz CT molecular complexity index is 1030. The molecule has 0 bridgehead atoms. The van der Waals surface area contributed by atoms with E-state index in [4.69, 9.17) is 39.5 Å². The molecule has 1 fully saturated rings. The summed E-state index contributed by atoms with van der Waals surface area (Å²) in [6.07, 6.45) is 1.45. The molecule has 4 nitrogen and oxygen atoms in total. The van der Waals surface area contributed by atoms with Crippen LogP contribution >= 0.6 is 34.8 Å². The highest BCUT2D eigenvalue weighted by Crippen LogP contribution is 2.41. The van der Waals surface area contributed by atoms with Crippen LogP contribution in [0.25, 0.3) is 0 Å². The predicted molar refractivity (Wildman–Crippen MR) is 115 cm³/mol. The molecule has 1 spiro atoms. The molecule has 2 aromatic rings. The molecule has 2 heterocycles. The summed E-state index contributed by atoms with van der Waals surface area (Å²) >= 11 is 18.5. The second kappa shape index (κ2) is 7.50. The number of amides is 1. The van der Waals surface area contributed by atoms with Crippen molar-refractivity contribution in [1.82, 2.24) is 4.90 Å². The number of fused-ring (bicyclic) bond motifs is 1. The number of aryl methyl sites for hydroxylation is 2. The first-order valence-electron chi connectivity index (χ1n) is 9.47. The Morgan fingerprint density at radius 3 is 2.34 bits per heavy atom. The van der Waals surface area contributed by atoms with Crippen molar-refractivity contribution in [3.8, 4) is 5.75 Å². The van der Waals surface area contributed by atoms with Crippen LogP contribution in [0.15, 0.2) is 24.3 Å². The van der Waals surface area contributed by atoms with Gasteiger partial charge in [-0.05, 0) is 49.2 Å². The number of ether oxygens (including phenoxy) is 1. The molecule has 0 N–H and O–H groups in total. The molecule has 0 aromatic heterocycles. The number of hydrogen-bond donors (Lipinski definition) is 0. The third-order valence-electron chi connectivity index (χ3n) is 5.93. The van der Waals surface area contributed by atoms with Crippen LogP contribution in [0.2, 0.25) is 15.1 Å². The zero-order chi connectivity index (χ0) is 20.9. The fourth-order valence-electron chi connectivity index (χ4n) is 4.03. The van der Waals surface area contributed by atoms with Gasteiger partial charge < -0.3 is 9.64 Å². The first-order chi connectivity index (χ1) is 13.7. The summed E-state index contributed by atoms with van der Waals surface area (Å²) in [5.74, 6) is 0.478. The zero-order valence-electron chi connectivity index (χ0n) is 16.2. The van der Waals surface area contributed by atoms with Gasteiger partial charge in [0.15, 0.2) is 5.78 Å². The van der Waals surface area contributed by atoms with Crippen molar-refractivity contribution < 1.29 is 14.3 Å². The second-order valence-corrected chi connectivity index (χ2v) is 9.02. The fourth-order valence-corrected chi connectivity index (χ4v) is 4.72. The number of likely N-dealkylation sites (tertiary alicyclic amines) is 1. The number of benzene rings is 2. The number of rotatable bonds is 1.